The minimum absolute atomic E-state index is 0.0192. The van der Waals surface area contributed by atoms with Gasteiger partial charge in [-0.3, -0.25) is 19.3 Å². The molecule has 0 aliphatic carbocycles. The number of benzene rings is 2. The second-order valence-electron chi connectivity index (χ2n) is 9.88. The van der Waals surface area contributed by atoms with Crippen molar-refractivity contribution in [2.45, 2.75) is 33.7 Å². The third kappa shape index (κ3) is 6.67. The molecule has 4 rings (SSSR count). The normalized spacial score (nSPS) is 14.4. The van der Waals surface area contributed by atoms with Crippen molar-refractivity contribution in [3.05, 3.63) is 70.9 Å². The number of Topliss-reactive ketones (excluding diaryl/α,β-unsaturated/α-hetero) is 1. The first kappa shape index (κ1) is 26.6. The molecule has 2 heterocycles. The van der Waals surface area contributed by atoms with Gasteiger partial charge in [0, 0.05) is 62.1 Å². The summed E-state index contributed by atoms with van der Waals surface area (Å²) in [5.41, 5.74) is 1.15. The van der Waals surface area contributed by atoms with Crippen LogP contribution in [-0.2, 0) is 16.1 Å². The number of amides is 2. The fourth-order valence-corrected chi connectivity index (χ4v) is 5.27. The van der Waals surface area contributed by atoms with Crippen LogP contribution in [0.5, 0.6) is 0 Å². The molecule has 0 saturated carbocycles. The highest BCUT2D eigenvalue weighted by atomic mass is 32.1. The highest BCUT2D eigenvalue weighted by Crippen LogP contribution is 2.34. The largest absolute Gasteiger partial charge is 0.340 e. The van der Waals surface area contributed by atoms with Crippen molar-refractivity contribution in [1.82, 2.24) is 14.8 Å². The van der Waals surface area contributed by atoms with Crippen molar-refractivity contribution in [1.29, 1.82) is 0 Å². The molecular weight excluding hydrogens is 491 g/mol. The van der Waals surface area contributed by atoms with Gasteiger partial charge in [-0.05, 0) is 24.3 Å². The molecule has 2 aromatic carbocycles. The van der Waals surface area contributed by atoms with Crippen LogP contribution in [0.1, 0.15) is 42.4 Å². The van der Waals surface area contributed by atoms with Crippen LogP contribution in [0, 0.1) is 11.2 Å². The zero-order valence-electron chi connectivity index (χ0n) is 21.3. The van der Waals surface area contributed by atoms with Gasteiger partial charge in [-0.1, -0.05) is 55.5 Å². The number of ketones is 1. The molecule has 1 fully saturated rings. The molecule has 1 aliphatic rings. The summed E-state index contributed by atoms with van der Waals surface area (Å²) in [4.78, 5) is 47.5. The third-order valence-electron chi connectivity index (χ3n) is 6.53. The Morgan fingerprint density at radius 1 is 1.00 bits per heavy atom. The Balaban J connectivity index is 1.49. The minimum atomic E-state index is -0.993. The monoisotopic (exact) mass is 522 g/mol. The number of carbonyl (C=O) groups excluding carboxylic acids is 3. The van der Waals surface area contributed by atoms with E-state index in [-0.39, 0.29) is 24.0 Å². The summed E-state index contributed by atoms with van der Waals surface area (Å²) in [7, 11) is 0. The average molecular weight is 523 g/mol. The summed E-state index contributed by atoms with van der Waals surface area (Å²) >= 11 is 1.42. The van der Waals surface area contributed by atoms with Crippen LogP contribution >= 0.6 is 11.3 Å². The first-order valence-electron chi connectivity index (χ1n) is 12.3. The van der Waals surface area contributed by atoms with E-state index in [1.165, 1.54) is 35.6 Å². The summed E-state index contributed by atoms with van der Waals surface area (Å²) in [6.45, 7) is 8.60. The molecule has 0 atom stereocenters. The second-order valence-corrected chi connectivity index (χ2v) is 11.0. The lowest BCUT2D eigenvalue weighted by Crippen LogP contribution is -2.47. The molecule has 1 aliphatic heterocycles. The van der Waals surface area contributed by atoms with Gasteiger partial charge >= 0.3 is 0 Å². The van der Waals surface area contributed by atoms with Crippen LogP contribution in [0.4, 0.5) is 9.52 Å². The Morgan fingerprint density at radius 2 is 1.65 bits per heavy atom. The first-order valence-corrected chi connectivity index (χ1v) is 13.1. The highest BCUT2D eigenvalue weighted by molar-refractivity contribution is 7.16. The van der Waals surface area contributed by atoms with Crippen molar-refractivity contribution in [3.8, 4) is 11.3 Å². The van der Waals surface area contributed by atoms with Crippen LogP contribution in [0.2, 0.25) is 0 Å². The van der Waals surface area contributed by atoms with Crippen molar-refractivity contribution in [2.75, 3.05) is 31.5 Å². The molecule has 9 heteroatoms. The highest BCUT2D eigenvalue weighted by Gasteiger charge is 2.32. The Kier molecular flexibility index (Phi) is 8.14. The van der Waals surface area contributed by atoms with Crippen LogP contribution < -0.4 is 5.32 Å². The van der Waals surface area contributed by atoms with Crippen molar-refractivity contribution in [3.63, 3.8) is 0 Å². The second kappa shape index (κ2) is 11.3. The lowest BCUT2D eigenvalue weighted by atomic mass is 9.84. The Labute approximate surface area is 220 Å². The van der Waals surface area contributed by atoms with E-state index in [4.69, 9.17) is 4.98 Å². The van der Waals surface area contributed by atoms with E-state index in [1.807, 2.05) is 35.2 Å². The number of carbonyl (C=O) groups is 3. The van der Waals surface area contributed by atoms with E-state index in [1.54, 1.807) is 20.8 Å². The quantitative estimate of drug-likeness (QED) is 0.428. The molecule has 0 radical (unpaired) electrons. The minimum Gasteiger partial charge on any atom is -0.340 e. The van der Waals surface area contributed by atoms with Crippen molar-refractivity contribution < 1.29 is 18.8 Å². The number of piperazine rings is 1. The Morgan fingerprint density at radius 3 is 2.27 bits per heavy atom. The van der Waals surface area contributed by atoms with E-state index in [0.29, 0.717) is 30.3 Å². The number of hydrogen-bond donors (Lipinski definition) is 1. The zero-order valence-corrected chi connectivity index (χ0v) is 22.1. The van der Waals surface area contributed by atoms with Gasteiger partial charge in [0.15, 0.2) is 10.9 Å². The van der Waals surface area contributed by atoms with Crippen LogP contribution in [0.25, 0.3) is 11.3 Å². The Hall–Kier alpha value is -3.43. The fraction of sp³-hybridized carbons (Fsp3) is 0.357. The van der Waals surface area contributed by atoms with E-state index in [2.05, 4.69) is 10.2 Å². The summed E-state index contributed by atoms with van der Waals surface area (Å²) in [5.74, 6) is -0.858. The molecule has 2 amide bonds. The maximum atomic E-state index is 13.2. The number of aromatic nitrogens is 1. The van der Waals surface area contributed by atoms with E-state index >= 15 is 0 Å². The molecule has 7 nitrogen and oxygen atoms in total. The maximum absolute atomic E-state index is 13.2. The average Bonchev–Trinajstić information content (AvgIpc) is 3.26. The molecular formula is C28H31FN4O3S. The smallest absolute Gasteiger partial charge is 0.232 e. The molecule has 3 aromatic rings. The number of nitrogens with zero attached hydrogens (tertiary/aromatic N) is 3. The molecule has 0 unspecified atom stereocenters. The van der Waals surface area contributed by atoms with E-state index in [9.17, 15) is 18.8 Å². The van der Waals surface area contributed by atoms with E-state index < -0.39 is 11.2 Å². The third-order valence-corrected chi connectivity index (χ3v) is 7.49. The lowest BCUT2D eigenvalue weighted by molar-refractivity contribution is -0.130. The topological polar surface area (TPSA) is 82.6 Å². The van der Waals surface area contributed by atoms with Gasteiger partial charge in [0.1, 0.15) is 5.82 Å². The van der Waals surface area contributed by atoms with Gasteiger partial charge < -0.3 is 10.2 Å². The van der Waals surface area contributed by atoms with Crippen LogP contribution in [0.15, 0.2) is 54.6 Å². The molecule has 1 aromatic heterocycles. The van der Waals surface area contributed by atoms with Crippen molar-refractivity contribution in [2.24, 2.45) is 5.41 Å². The van der Waals surface area contributed by atoms with Gasteiger partial charge in [0.05, 0.1) is 11.1 Å². The fourth-order valence-electron chi connectivity index (χ4n) is 4.24. The summed E-state index contributed by atoms with van der Waals surface area (Å²) in [6, 6.07) is 15.2. The lowest BCUT2D eigenvalue weighted by Gasteiger charge is -2.34. The molecule has 194 valence electrons. The van der Waals surface area contributed by atoms with Crippen LogP contribution in [0.3, 0.4) is 0 Å². The zero-order chi connectivity index (χ0) is 26.6. The van der Waals surface area contributed by atoms with Crippen LogP contribution in [-0.4, -0.2) is 58.6 Å². The molecule has 0 spiro atoms. The summed E-state index contributed by atoms with van der Waals surface area (Å²) in [5, 5.41) is 3.40. The van der Waals surface area contributed by atoms with E-state index in [0.717, 1.165) is 29.2 Å². The molecule has 1 saturated heterocycles. The molecule has 1 N–H and O–H groups in total. The SMILES string of the molecule is CC(=O)N1CCN(Cc2sc(NC(=O)C(C)(C)CC(=O)c3ccc(F)cc3)nc2-c2ccccc2)CC1. The predicted molar refractivity (Wildman–Crippen MR) is 143 cm³/mol. The van der Waals surface area contributed by atoms with Gasteiger partial charge in [-0.15, -0.1) is 0 Å². The number of anilines is 1. The molecule has 0 bridgehead atoms. The maximum Gasteiger partial charge on any atom is 0.232 e. The number of nitrogens with one attached hydrogen (secondary N) is 1. The first-order chi connectivity index (χ1) is 17.6. The number of rotatable bonds is 8. The summed E-state index contributed by atoms with van der Waals surface area (Å²) < 4.78 is 13.2. The number of hydrogen-bond acceptors (Lipinski definition) is 6. The number of halogens is 1. The predicted octanol–water partition coefficient (Wildman–Crippen LogP) is 4.85. The number of thiazole rings is 1. The van der Waals surface area contributed by atoms with Crippen molar-refractivity contribution >= 4 is 34.1 Å². The van der Waals surface area contributed by atoms with Gasteiger partial charge in [-0.2, -0.15) is 0 Å². The van der Waals surface area contributed by atoms with Gasteiger partial charge in [-0.25, -0.2) is 9.37 Å². The standard InChI is InChI=1S/C28H31FN4O3S/c1-19(34)33-15-13-32(14-16-33)18-24-25(21-7-5-4-6-8-21)30-27(37-24)31-26(36)28(2,3)17-23(35)20-9-11-22(29)12-10-20/h4-12H,13-18H2,1-3H3,(H,30,31,36). The van der Waals surface area contributed by atoms with Gasteiger partial charge in [0.2, 0.25) is 11.8 Å². The molecule has 37 heavy (non-hydrogen) atoms. The Bertz CT molecular complexity index is 1270. The van der Waals surface area contributed by atoms with Gasteiger partial charge in [0.25, 0.3) is 0 Å². The summed E-state index contributed by atoms with van der Waals surface area (Å²) in [6.07, 6.45) is -0.0192.